The van der Waals surface area contributed by atoms with Crippen LogP contribution in [0.3, 0.4) is 0 Å². The molecule has 0 heterocycles. The van der Waals surface area contributed by atoms with Gasteiger partial charge in [0, 0.05) is 6.54 Å². The van der Waals surface area contributed by atoms with Crippen LogP contribution in [0, 0.1) is 0 Å². The maximum Gasteiger partial charge on any atom is 0.407 e. The van der Waals surface area contributed by atoms with Gasteiger partial charge in [0.2, 0.25) is 0 Å². The van der Waals surface area contributed by atoms with Gasteiger partial charge in [-0.25, -0.2) is 4.79 Å². The van der Waals surface area contributed by atoms with Crippen LogP contribution in [0.5, 0.6) is 5.75 Å². The number of nitrogens with one attached hydrogen (secondary N) is 1. The van der Waals surface area contributed by atoms with Gasteiger partial charge in [-0.05, 0) is 45.4 Å². The highest BCUT2D eigenvalue weighted by Crippen LogP contribution is 2.25. The number of hydrogen-bond donors (Lipinski definition) is 4. The van der Waals surface area contributed by atoms with Crippen LogP contribution in [-0.4, -0.2) is 45.4 Å². The van der Waals surface area contributed by atoms with Crippen LogP contribution in [-0.2, 0) is 4.74 Å². The highest BCUT2D eigenvalue weighted by Gasteiger charge is 2.22. The first kappa shape index (κ1) is 18.9. The van der Waals surface area contributed by atoms with Crippen LogP contribution in [0.2, 0.25) is 0 Å². The Kier molecular flexibility index (Phi) is 6.12. The first-order valence-electron chi connectivity index (χ1n) is 7.18. The molecular weight excluding hydrogens is 302 g/mol. The highest BCUT2D eigenvalue weighted by atomic mass is 16.6. The molecule has 0 fully saturated rings. The summed E-state index contributed by atoms with van der Waals surface area (Å²) in [6, 6.07) is 4.00. The fourth-order valence-electron chi connectivity index (χ4n) is 1.87. The lowest BCUT2D eigenvalue weighted by Gasteiger charge is -2.22. The van der Waals surface area contributed by atoms with Gasteiger partial charge >= 0.3 is 6.09 Å². The van der Waals surface area contributed by atoms with Gasteiger partial charge in [0.25, 0.3) is 0 Å². The average Bonchev–Trinajstić information content (AvgIpc) is 2.41. The zero-order chi connectivity index (χ0) is 17.8. The maximum absolute atomic E-state index is 11.5. The Morgan fingerprint density at radius 1 is 1.26 bits per heavy atom. The van der Waals surface area contributed by atoms with E-state index in [0.29, 0.717) is 0 Å². The summed E-state index contributed by atoms with van der Waals surface area (Å²) in [7, 11) is 0. The SMILES string of the molecule is CC(=O)c1ccc(C(O)C(O)CNC(=O)OC(C)(C)C)cc1O. The van der Waals surface area contributed by atoms with Crippen molar-refractivity contribution in [3.05, 3.63) is 29.3 Å². The fraction of sp³-hybridized carbons (Fsp3) is 0.500. The maximum atomic E-state index is 11.5. The van der Waals surface area contributed by atoms with Gasteiger partial charge < -0.3 is 25.4 Å². The van der Waals surface area contributed by atoms with Gasteiger partial charge in [0.05, 0.1) is 5.56 Å². The number of aliphatic hydroxyl groups excluding tert-OH is 2. The van der Waals surface area contributed by atoms with Crippen molar-refractivity contribution in [1.29, 1.82) is 0 Å². The number of alkyl carbamates (subject to hydrolysis) is 1. The number of phenolic OH excluding ortho intramolecular Hbond substituents is 1. The van der Waals surface area contributed by atoms with E-state index in [2.05, 4.69) is 5.32 Å². The molecule has 1 rings (SSSR count). The number of aliphatic hydroxyl groups is 2. The zero-order valence-corrected chi connectivity index (χ0v) is 13.7. The van der Waals surface area contributed by atoms with Gasteiger partial charge in [0.15, 0.2) is 5.78 Å². The molecule has 0 aliphatic heterocycles. The topological polar surface area (TPSA) is 116 Å². The molecule has 0 aliphatic carbocycles. The third-order valence-corrected chi connectivity index (χ3v) is 2.96. The highest BCUT2D eigenvalue weighted by molar-refractivity contribution is 5.96. The molecule has 128 valence electrons. The lowest BCUT2D eigenvalue weighted by Crippen LogP contribution is -2.38. The lowest BCUT2D eigenvalue weighted by atomic mass is 10.0. The van der Waals surface area contributed by atoms with Gasteiger partial charge in [-0.1, -0.05) is 6.07 Å². The molecule has 7 heteroatoms. The molecule has 0 saturated carbocycles. The number of ketones is 1. The molecular formula is C16H23NO6. The zero-order valence-electron chi connectivity index (χ0n) is 13.7. The molecule has 1 aromatic rings. The van der Waals surface area contributed by atoms with Crippen molar-refractivity contribution in [2.45, 2.75) is 45.5 Å². The van der Waals surface area contributed by atoms with Crippen molar-refractivity contribution >= 4 is 11.9 Å². The number of amides is 1. The average molecular weight is 325 g/mol. The largest absolute Gasteiger partial charge is 0.507 e. The second-order valence-electron chi connectivity index (χ2n) is 6.23. The van der Waals surface area contributed by atoms with Crippen molar-refractivity contribution in [3.8, 4) is 5.75 Å². The normalized spacial score (nSPS) is 14.0. The molecule has 23 heavy (non-hydrogen) atoms. The number of ether oxygens (including phenoxy) is 1. The van der Waals surface area contributed by atoms with E-state index in [4.69, 9.17) is 4.74 Å². The number of hydrogen-bond acceptors (Lipinski definition) is 6. The van der Waals surface area contributed by atoms with E-state index in [-0.39, 0.29) is 29.2 Å². The van der Waals surface area contributed by atoms with Crippen LogP contribution in [0.1, 0.15) is 49.7 Å². The molecule has 0 saturated heterocycles. The molecule has 2 unspecified atom stereocenters. The number of carbonyl (C=O) groups is 2. The first-order valence-corrected chi connectivity index (χ1v) is 7.18. The lowest BCUT2D eigenvalue weighted by molar-refractivity contribution is 0.0128. The minimum Gasteiger partial charge on any atom is -0.507 e. The number of phenols is 1. The summed E-state index contributed by atoms with van der Waals surface area (Å²) in [4.78, 5) is 22.7. The predicted molar refractivity (Wildman–Crippen MR) is 83.3 cm³/mol. The standard InChI is InChI=1S/C16H23NO6/c1-9(18)11-6-5-10(7-12(11)19)14(21)13(20)8-17-15(22)23-16(2,3)4/h5-7,13-14,19-21H,8H2,1-4H3,(H,17,22). The minimum atomic E-state index is -1.34. The third-order valence-electron chi connectivity index (χ3n) is 2.96. The summed E-state index contributed by atoms with van der Waals surface area (Å²) in [5, 5.41) is 32.1. The van der Waals surface area contributed by atoms with Crippen LogP contribution < -0.4 is 5.32 Å². The summed E-state index contributed by atoms with van der Waals surface area (Å²) in [6.45, 7) is 6.20. The Bertz CT molecular complexity index is 578. The van der Waals surface area contributed by atoms with Gasteiger partial charge in [-0.3, -0.25) is 4.79 Å². The van der Waals surface area contributed by atoms with E-state index < -0.39 is 23.9 Å². The molecule has 0 bridgehead atoms. The van der Waals surface area contributed by atoms with Crippen LogP contribution in [0.25, 0.3) is 0 Å². The van der Waals surface area contributed by atoms with Crippen molar-refractivity contribution in [3.63, 3.8) is 0 Å². The van der Waals surface area contributed by atoms with E-state index in [1.807, 2.05) is 0 Å². The number of aromatic hydroxyl groups is 1. The Morgan fingerprint density at radius 2 is 1.87 bits per heavy atom. The summed E-state index contributed by atoms with van der Waals surface area (Å²) < 4.78 is 5.01. The summed E-state index contributed by atoms with van der Waals surface area (Å²) in [5.74, 6) is -0.586. The second kappa shape index (κ2) is 7.43. The van der Waals surface area contributed by atoms with Crippen molar-refractivity contribution in [2.24, 2.45) is 0 Å². The fourth-order valence-corrected chi connectivity index (χ4v) is 1.87. The van der Waals surface area contributed by atoms with E-state index in [0.717, 1.165) is 0 Å². The van der Waals surface area contributed by atoms with Gasteiger partial charge in [-0.15, -0.1) is 0 Å². The monoisotopic (exact) mass is 325 g/mol. The quantitative estimate of drug-likeness (QED) is 0.610. The van der Waals surface area contributed by atoms with Crippen LogP contribution in [0.4, 0.5) is 4.79 Å². The van der Waals surface area contributed by atoms with E-state index in [1.165, 1.54) is 25.1 Å². The van der Waals surface area contributed by atoms with Crippen LogP contribution >= 0.6 is 0 Å². The molecule has 1 amide bonds. The molecule has 0 aromatic heterocycles. The van der Waals surface area contributed by atoms with Crippen molar-refractivity contribution < 1.29 is 29.6 Å². The van der Waals surface area contributed by atoms with E-state index in [9.17, 15) is 24.9 Å². The molecule has 7 nitrogen and oxygen atoms in total. The van der Waals surface area contributed by atoms with Crippen molar-refractivity contribution in [1.82, 2.24) is 5.32 Å². The number of carbonyl (C=O) groups excluding carboxylic acids is 2. The molecule has 4 N–H and O–H groups in total. The van der Waals surface area contributed by atoms with Crippen molar-refractivity contribution in [2.75, 3.05) is 6.54 Å². The van der Waals surface area contributed by atoms with E-state index in [1.54, 1.807) is 20.8 Å². The Labute approximate surface area is 134 Å². The number of Topliss-reactive ketones (excluding diaryl/α,β-unsaturated/α-hetero) is 1. The first-order chi connectivity index (χ1) is 10.5. The Morgan fingerprint density at radius 3 is 2.35 bits per heavy atom. The third kappa shape index (κ3) is 5.88. The van der Waals surface area contributed by atoms with E-state index >= 15 is 0 Å². The number of benzene rings is 1. The summed E-state index contributed by atoms with van der Waals surface area (Å²) in [5.41, 5.74) is -0.310. The predicted octanol–water partition coefficient (Wildman–Crippen LogP) is 1.51. The molecule has 0 spiro atoms. The molecule has 2 atom stereocenters. The minimum absolute atomic E-state index is 0.127. The smallest absolute Gasteiger partial charge is 0.407 e. The Hall–Kier alpha value is -2.12. The summed E-state index contributed by atoms with van der Waals surface area (Å²) in [6.07, 6.45) is -3.35. The van der Waals surface area contributed by atoms with Crippen LogP contribution in [0.15, 0.2) is 18.2 Å². The van der Waals surface area contributed by atoms with Gasteiger partial charge in [0.1, 0.15) is 23.6 Å². The number of rotatable bonds is 5. The summed E-state index contributed by atoms with van der Waals surface area (Å²) >= 11 is 0. The molecule has 1 aromatic carbocycles. The van der Waals surface area contributed by atoms with Gasteiger partial charge in [-0.2, -0.15) is 0 Å². The second-order valence-corrected chi connectivity index (χ2v) is 6.23. The Balaban J connectivity index is 2.66. The molecule has 0 aliphatic rings. The molecule has 0 radical (unpaired) electrons.